The summed E-state index contributed by atoms with van der Waals surface area (Å²) in [6.07, 6.45) is 0.650. The number of hydrogen-bond donors (Lipinski definition) is 1. The summed E-state index contributed by atoms with van der Waals surface area (Å²) >= 11 is 0. The standard InChI is InChI=1S/C25H24FN3O2/c26-22-11-9-19(10-12-22)17-29(14-4-13-27)25(30)23-7-1-2-8-24(23)31-18-21-6-3-5-20(15-21)16-28/h1-3,5-12,15H,4,13-14,17-18,27H2. The van der Waals surface area contributed by atoms with Crippen LogP contribution in [0.1, 0.15) is 33.5 Å². The maximum Gasteiger partial charge on any atom is 0.257 e. The van der Waals surface area contributed by atoms with E-state index in [2.05, 4.69) is 6.07 Å². The van der Waals surface area contributed by atoms with Crippen LogP contribution < -0.4 is 10.5 Å². The second-order valence-corrected chi connectivity index (χ2v) is 7.09. The van der Waals surface area contributed by atoms with Crippen molar-refractivity contribution in [2.24, 2.45) is 5.73 Å². The van der Waals surface area contributed by atoms with Crippen LogP contribution in [0.5, 0.6) is 5.75 Å². The van der Waals surface area contributed by atoms with Gasteiger partial charge in [0.1, 0.15) is 18.2 Å². The summed E-state index contributed by atoms with van der Waals surface area (Å²) < 4.78 is 19.2. The Kier molecular flexibility index (Phi) is 7.74. The molecule has 0 radical (unpaired) electrons. The van der Waals surface area contributed by atoms with Gasteiger partial charge in [0.05, 0.1) is 17.2 Å². The Bertz CT molecular complexity index is 1060. The molecule has 5 nitrogen and oxygen atoms in total. The lowest BCUT2D eigenvalue weighted by molar-refractivity contribution is 0.0737. The van der Waals surface area contributed by atoms with Crippen LogP contribution in [-0.4, -0.2) is 23.9 Å². The van der Waals surface area contributed by atoms with Gasteiger partial charge in [-0.05, 0) is 60.5 Å². The summed E-state index contributed by atoms with van der Waals surface area (Å²) in [6, 6.07) is 22.4. The van der Waals surface area contributed by atoms with E-state index in [1.54, 1.807) is 53.4 Å². The average Bonchev–Trinajstić information content (AvgIpc) is 2.81. The van der Waals surface area contributed by atoms with Crippen LogP contribution in [0.15, 0.2) is 72.8 Å². The third kappa shape index (κ3) is 6.14. The van der Waals surface area contributed by atoms with Crippen molar-refractivity contribution in [3.8, 4) is 11.8 Å². The van der Waals surface area contributed by atoms with Gasteiger partial charge in [0.25, 0.3) is 5.91 Å². The quantitative estimate of drug-likeness (QED) is 0.564. The molecule has 0 fully saturated rings. The van der Waals surface area contributed by atoms with Gasteiger partial charge in [-0.3, -0.25) is 4.79 Å². The summed E-state index contributed by atoms with van der Waals surface area (Å²) in [7, 11) is 0. The van der Waals surface area contributed by atoms with E-state index in [1.165, 1.54) is 12.1 Å². The molecule has 0 aliphatic carbocycles. The van der Waals surface area contributed by atoms with Crippen molar-refractivity contribution in [1.29, 1.82) is 5.26 Å². The Labute approximate surface area is 181 Å². The lowest BCUT2D eigenvalue weighted by atomic mass is 10.1. The highest BCUT2D eigenvalue weighted by Crippen LogP contribution is 2.23. The topological polar surface area (TPSA) is 79.3 Å². The van der Waals surface area contributed by atoms with Crippen molar-refractivity contribution in [2.45, 2.75) is 19.6 Å². The number of amides is 1. The van der Waals surface area contributed by atoms with Crippen LogP contribution in [0, 0.1) is 17.1 Å². The number of nitriles is 1. The van der Waals surface area contributed by atoms with Crippen LogP contribution in [0.4, 0.5) is 4.39 Å². The van der Waals surface area contributed by atoms with E-state index in [0.29, 0.717) is 42.9 Å². The zero-order valence-corrected chi connectivity index (χ0v) is 17.1. The Hall–Kier alpha value is -3.69. The fourth-order valence-corrected chi connectivity index (χ4v) is 3.18. The van der Waals surface area contributed by atoms with Gasteiger partial charge in [-0.25, -0.2) is 4.39 Å². The fraction of sp³-hybridized carbons (Fsp3) is 0.200. The van der Waals surface area contributed by atoms with E-state index in [0.717, 1.165) is 11.1 Å². The summed E-state index contributed by atoms with van der Waals surface area (Å²) in [5, 5.41) is 9.06. The first-order valence-corrected chi connectivity index (χ1v) is 10.1. The van der Waals surface area contributed by atoms with Gasteiger partial charge in [-0.15, -0.1) is 0 Å². The molecule has 0 bridgehead atoms. The molecule has 3 aromatic carbocycles. The highest BCUT2D eigenvalue weighted by molar-refractivity contribution is 5.96. The molecule has 0 unspecified atom stereocenters. The van der Waals surface area contributed by atoms with Crippen molar-refractivity contribution in [2.75, 3.05) is 13.1 Å². The minimum atomic E-state index is -0.317. The van der Waals surface area contributed by atoms with E-state index in [1.807, 2.05) is 12.1 Å². The maximum atomic E-state index is 13.3. The number of halogens is 1. The highest BCUT2D eigenvalue weighted by atomic mass is 19.1. The zero-order chi connectivity index (χ0) is 22.1. The smallest absolute Gasteiger partial charge is 0.257 e. The molecule has 0 heterocycles. The van der Waals surface area contributed by atoms with Crippen LogP contribution in [0.3, 0.4) is 0 Å². The number of para-hydroxylation sites is 1. The highest BCUT2D eigenvalue weighted by Gasteiger charge is 2.20. The minimum absolute atomic E-state index is 0.181. The molecule has 0 saturated carbocycles. The number of benzene rings is 3. The van der Waals surface area contributed by atoms with Crippen LogP contribution in [0.25, 0.3) is 0 Å². The van der Waals surface area contributed by atoms with E-state index in [-0.39, 0.29) is 18.3 Å². The van der Waals surface area contributed by atoms with Crippen LogP contribution in [-0.2, 0) is 13.2 Å². The van der Waals surface area contributed by atoms with Crippen LogP contribution >= 0.6 is 0 Å². The summed E-state index contributed by atoms with van der Waals surface area (Å²) in [5.74, 6) is -0.0336. The van der Waals surface area contributed by atoms with Gasteiger partial charge in [0.15, 0.2) is 0 Å². The summed E-state index contributed by atoms with van der Waals surface area (Å²) in [4.78, 5) is 15.0. The molecule has 0 aliphatic heterocycles. The molecule has 158 valence electrons. The van der Waals surface area contributed by atoms with Gasteiger partial charge in [0, 0.05) is 13.1 Å². The first-order chi connectivity index (χ1) is 15.1. The van der Waals surface area contributed by atoms with Gasteiger partial charge in [0.2, 0.25) is 0 Å². The molecule has 6 heteroatoms. The van der Waals surface area contributed by atoms with E-state index in [4.69, 9.17) is 15.7 Å². The summed E-state index contributed by atoms with van der Waals surface area (Å²) in [6.45, 7) is 1.52. The number of rotatable bonds is 9. The van der Waals surface area contributed by atoms with E-state index >= 15 is 0 Å². The van der Waals surface area contributed by atoms with Crippen molar-refractivity contribution < 1.29 is 13.9 Å². The zero-order valence-electron chi connectivity index (χ0n) is 17.1. The number of carbonyl (C=O) groups excluding carboxylic acids is 1. The lowest BCUT2D eigenvalue weighted by Crippen LogP contribution is -2.32. The van der Waals surface area contributed by atoms with Crippen molar-refractivity contribution >= 4 is 5.91 Å². The number of carbonyl (C=O) groups is 1. The molecule has 0 aromatic heterocycles. The Morgan fingerprint density at radius 2 is 1.81 bits per heavy atom. The average molecular weight is 417 g/mol. The first-order valence-electron chi connectivity index (χ1n) is 10.1. The molecular weight excluding hydrogens is 393 g/mol. The Balaban J connectivity index is 1.79. The van der Waals surface area contributed by atoms with Crippen molar-refractivity contribution in [3.63, 3.8) is 0 Å². The number of ether oxygens (including phenoxy) is 1. The van der Waals surface area contributed by atoms with Crippen molar-refractivity contribution in [1.82, 2.24) is 4.90 Å². The van der Waals surface area contributed by atoms with Gasteiger partial charge in [-0.1, -0.05) is 36.4 Å². The molecule has 0 aliphatic rings. The number of nitrogens with zero attached hydrogens (tertiary/aromatic N) is 2. The largest absolute Gasteiger partial charge is 0.488 e. The minimum Gasteiger partial charge on any atom is -0.488 e. The van der Waals surface area contributed by atoms with E-state index < -0.39 is 0 Å². The molecule has 2 N–H and O–H groups in total. The number of nitrogens with two attached hydrogens (primary N) is 1. The van der Waals surface area contributed by atoms with E-state index in [9.17, 15) is 9.18 Å². The molecule has 1 amide bonds. The molecule has 0 atom stereocenters. The van der Waals surface area contributed by atoms with Crippen molar-refractivity contribution in [3.05, 3.63) is 101 Å². The fourth-order valence-electron chi connectivity index (χ4n) is 3.18. The van der Waals surface area contributed by atoms with Gasteiger partial charge < -0.3 is 15.4 Å². The SMILES string of the molecule is N#Cc1cccc(COc2ccccc2C(=O)N(CCCN)Cc2ccc(F)cc2)c1. The lowest BCUT2D eigenvalue weighted by Gasteiger charge is -2.24. The third-order valence-electron chi connectivity index (χ3n) is 4.77. The normalized spacial score (nSPS) is 10.4. The van der Waals surface area contributed by atoms with Crippen LogP contribution in [0.2, 0.25) is 0 Å². The predicted molar refractivity (Wildman–Crippen MR) is 117 cm³/mol. The molecule has 3 aromatic rings. The molecule has 0 saturated heterocycles. The number of hydrogen-bond acceptors (Lipinski definition) is 4. The van der Waals surface area contributed by atoms with Gasteiger partial charge >= 0.3 is 0 Å². The second-order valence-electron chi connectivity index (χ2n) is 7.09. The maximum absolute atomic E-state index is 13.3. The molecule has 31 heavy (non-hydrogen) atoms. The Morgan fingerprint density at radius 3 is 2.55 bits per heavy atom. The molecule has 0 spiro atoms. The Morgan fingerprint density at radius 1 is 1.03 bits per heavy atom. The predicted octanol–water partition coefficient (Wildman–Crippen LogP) is 4.27. The van der Waals surface area contributed by atoms with Gasteiger partial charge in [-0.2, -0.15) is 5.26 Å². The monoisotopic (exact) mass is 417 g/mol. The molecule has 3 rings (SSSR count). The molecular formula is C25H24FN3O2. The summed E-state index contributed by atoms with van der Waals surface area (Å²) in [5.41, 5.74) is 8.33. The first kappa shape index (κ1) is 22.0. The second kappa shape index (κ2) is 10.9. The third-order valence-corrected chi connectivity index (χ3v) is 4.77.